The lowest BCUT2D eigenvalue weighted by molar-refractivity contribution is -0.125. The molecule has 0 aromatic carbocycles. The number of amides is 1. The third-order valence-electron chi connectivity index (χ3n) is 3.42. The van der Waals surface area contributed by atoms with Crippen molar-refractivity contribution in [1.82, 2.24) is 10.3 Å². The number of rotatable bonds is 4. The fourth-order valence-electron chi connectivity index (χ4n) is 2.49. The van der Waals surface area contributed by atoms with E-state index in [9.17, 15) is 4.79 Å². The Bertz CT molecular complexity index is 430. The minimum atomic E-state index is -0.253. The molecule has 1 aliphatic heterocycles. The van der Waals surface area contributed by atoms with Crippen molar-refractivity contribution in [2.45, 2.75) is 26.2 Å². The third-order valence-corrected chi connectivity index (χ3v) is 3.85. The minimum Gasteiger partial charge on any atom is -0.324 e. The van der Waals surface area contributed by atoms with E-state index in [4.69, 9.17) is 0 Å². The van der Waals surface area contributed by atoms with E-state index < -0.39 is 0 Å². The van der Waals surface area contributed by atoms with Crippen LogP contribution in [0.4, 0.5) is 5.69 Å². The number of anilines is 1. The lowest BCUT2D eigenvalue weighted by Gasteiger charge is -2.26. The second-order valence-electron chi connectivity index (χ2n) is 4.80. The van der Waals surface area contributed by atoms with Gasteiger partial charge < -0.3 is 10.6 Å². The topological polar surface area (TPSA) is 54.0 Å². The van der Waals surface area contributed by atoms with Crippen molar-refractivity contribution in [3.05, 3.63) is 22.9 Å². The largest absolute Gasteiger partial charge is 0.324 e. The summed E-state index contributed by atoms with van der Waals surface area (Å²) in [7, 11) is 0. The maximum atomic E-state index is 12.4. The van der Waals surface area contributed by atoms with Gasteiger partial charge in [-0.25, -0.2) is 0 Å². The third kappa shape index (κ3) is 2.90. The number of carbonyl (C=O) groups is 1. The first-order valence-electron chi connectivity index (χ1n) is 6.29. The van der Waals surface area contributed by atoms with Crippen molar-refractivity contribution < 1.29 is 4.79 Å². The second-order valence-corrected chi connectivity index (χ2v) is 5.72. The van der Waals surface area contributed by atoms with Crippen molar-refractivity contribution in [2.75, 3.05) is 18.4 Å². The van der Waals surface area contributed by atoms with E-state index in [1.54, 1.807) is 12.4 Å². The molecule has 2 rings (SSSR count). The van der Waals surface area contributed by atoms with E-state index >= 15 is 0 Å². The molecule has 0 spiro atoms. The van der Waals surface area contributed by atoms with Crippen molar-refractivity contribution in [3.63, 3.8) is 0 Å². The first-order chi connectivity index (χ1) is 8.66. The van der Waals surface area contributed by atoms with E-state index in [-0.39, 0.29) is 11.3 Å². The molecular weight excluding hydrogens is 294 g/mol. The number of nitrogens with one attached hydrogen (secondary N) is 2. The quantitative estimate of drug-likeness (QED) is 0.898. The van der Waals surface area contributed by atoms with Gasteiger partial charge in [0.15, 0.2) is 0 Å². The molecule has 2 heterocycles. The SMILES string of the molecule is CCCC1(C(=O)Nc2cncc(Br)c2)CCNC1. The van der Waals surface area contributed by atoms with Crippen LogP contribution in [0.3, 0.4) is 0 Å². The summed E-state index contributed by atoms with van der Waals surface area (Å²) in [5.74, 6) is 0.106. The van der Waals surface area contributed by atoms with Gasteiger partial charge in [0.05, 0.1) is 17.3 Å². The lowest BCUT2D eigenvalue weighted by Crippen LogP contribution is -2.38. The molecule has 0 radical (unpaired) electrons. The fraction of sp³-hybridized carbons (Fsp3) is 0.538. The summed E-state index contributed by atoms with van der Waals surface area (Å²) in [6.45, 7) is 3.81. The Morgan fingerprint density at radius 3 is 3.06 bits per heavy atom. The highest BCUT2D eigenvalue weighted by molar-refractivity contribution is 9.10. The average molecular weight is 312 g/mol. The predicted molar refractivity (Wildman–Crippen MR) is 75.4 cm³/mol. The van der Waals surface area contributed by atoms with E-state index in [0.29, 0.717) is 0 Å². The van der Waals surface area contributed by atoms with Crippen LogP contribution in [0, 0.1) is 5.41 Å². The van der Waals surface area contributed by atoms with Crippen LogP contribution < -0.4 is 10.6 Å². The first kappa shape index (κ1) is 13.5. The molecule has 0 bridgehead atoms. The lowest BCUT2D eigenvalue weighted by atomic mass is 9.81. The molecule has 4 nitrogen and oxygen atoms in total. The van der Waals surface area contributed by atoms with Crippen molar-refractivity contribution in [1.29, 1.82) is 0 Å². The molecule has 98 valence electrons. The number of hydrogen-bond donors (Lipinski definition) is 2. The molecule has 2 N–H and O–H groups in total. The van der Waals surface area contributed by atoms with Gasteiger partial charge in [-0.2, -0.15) is 0 Å². The number of carbonyl (C=O) groups excluding carboxylic acids is 1. The van der Waals surface area contributed by atoms with Gasteiger partial charge in [0.25, 0.3) is 0 Å². The number of aromatic nitrogens is 1. The number of halogens is 1. The van der Waals surface area contributed by atoms with E-state index in [1.807, 2.05) is 6.07 Å². The Morgan fingerprint density at radius 2 is 2.44 bits per heavy atom. The van der Waals surface area contributed by atoms with Crippen LogP contribution in [-0.4, -0.2) is 24.0 Å². The molecule has 1 amide bonds. The van der Waals surface area contributed by atoms with Crippen LogP contribution in [-0.2, 0) is 4.79 Å². The van der Waals surface area contributed by atoms with Crippen LogP contribution in [0.2, 0.25) is 0 Å². The summed E-state index contributed by atoms with van der Waals surface area (Å²) in [5.41, 5.74) is 0.494. The first-order valence-corrected chi connectivity index (χ1v) is 7.08. The standard InChI is InChI=1S/C13H18BrN3O/c1-2-3-13(4-5-15-9-13)12(18)17-11-6-10(14)7-16-8-11/h6-8,15H,2-5,9H2,1H3,(H,17,18). The Hall–Kier alpha value is -0.940. The molecule has 1 fully saturated rings. The zero-order valence-corrected chi connectivity index (χ0v) is 12.1. The summed E-state index contributed by atoms with van der Waals surface area (Å²) in [5, 5.41) is 6.27. The Balaban J connectivity index is 2.10. The van der Waals surface area contributed by atoms with Gasteiger partial charge in [-0.3, -0.25) is 9.78 Å². The highest BCUT2D eigenvalue weighted by atomic mass is 79.9. The monoisotopic (exact) mass is 311 g/mol. The van der Waals surface area contributed by atoms with Gasteiger partial charge in [-0.15, -0.1) is 0 Å². The second kappa shape index (κ2) is 5.80. The predicted octanol–water partition coefficient (Wildman–Crippen LogP) is 2.56. The smallest absolute Gasteiger partial charge is 0.231 e. The van der Waals surface area contributed by atoms with E-state index in [0.717, 1.165) is 42.5 Å². The van der Waals surface area contributed by atoms with Crippen LogP contribution >= 0.6 is 15.9 Å². The fourth-order valence-corrected chi connectivity index (χ4v) is 2.85. The van der Waals surface area contributed by atoms with Gasteiger partial charge in [0.2, 0.25) is 5.91 Å². The Morgan fingerprint density at radius 1 is 1.61 bits per heavy atom. The molecule has 1 aromatic rings. The highest BCUT2D eigenvalue weighted by Gasteiger charge is 2.40. The van der Waals surface area contributed by atoms with Gasteiger partial charge in [-0.1, -0.05) is 13.3 Å². The van der Waals surface area contributed by atoms with Gasteiger partial charge >= 0.3 is 0 Å². The molecule has 0 aliphatic carbocycles. The van der Waals surface area contributed by atoms with Crippen molar-refractivity contribution in [3.8, 4) is 0 Å². The summed E-state index contributed by atoms with van der Waals surface area (Å²) < 4.78 is 0.870. The molecule has 1 aromatic heterocycles. The average Bonchev–Trinajstić information content (AvgIpc) is 2.79. The van der Waals surface area contributed by atoms with E-state index in [2.05, 4.69) is 38.5 Å². The molecule has 0 saturated carbocycles. The Labute approximate surface area is 116 Å². The molecule has 1 aliphatic rings. The zero-order valence-electron chi connectivity index (χ0n) is 10.5. The van der Waals surface area contributed by atoms with Crippen molar-refractivity contribution >= 4 is 27.5 Å². The zero-order chi connectivity index (χ0) is 13.0. The minimum absolute atomic E-state index is 0.106. The van der Waals surface area contributed by atoms with E-state index in [1.165, 1.54) is 0 Å². The number of pyridine rings is 1. The summed E-state index contributed by atoms with van der Waals surface area (Å²) in [6.07, 6.45) is 6.23. The molecular formula is C13H18BrN3O. The summed E-state index contributed by atoms with van der Waals surface area (Å²) >= 11 is 3.35. The summed E-state index contributed by atoms with van der Waals surface area (Å²) in [6, 6.07) is 1.87. The molecule has 5 heteroatoms. The molecule has 1 unspecified atom stereocenters. The normalized spacial score (nSPS) is 23.0. The molecule has 18 heavy (non-hydrogen) atoms. The summed E-state index contributed by atoms with van der Waals surface area (Å²) in [4.78, 5) is 16.5. The van der Waals surface area contributed by atoms with Crippen LogP contribution in [0.5, 0.6) is 0 Å². The number of nitrogens with zero attached hydrogens (tertiary/aromatic N) is 1. The van der Waals surface area contributed by atoms with Crippen LogP contribution in [0.15, 0.2) is 22.9 Å². The van der Waals surface area contributed by atoms with Gasteiger partial charge in [0.1, 0.15) is 0 Å². The molecule has 1 saturated heterocycles. The number of hydrogen-bond acceptors (Lipinski definition) is 3. The Kier molecular flexibility index (Phi) is 4.35. The van der Waals surface area contributed by atoms with Crippen LogP contribution in [0.1, 0.15) is 26.2 Å². The van der Waals surface area contributed by atoms with Gasteiger partial charge in [-0.05, 0) is 41.4 Å². The maximum absolute atomic E-state index is 12.4. The maximum Gasteiger partial charge on any atom is 0.231 e. The van der Waals surface area contributed by atoms with Crippen LogP contribution in [0.25, 0.3) is 0 Å². The molecule has 1 atom stereocenters. The van der Waals surface area contributed by atoms with Crippen molar-refractivity contribution in [2.24, 2.45) is 5.41 Å². The highest BCUT2D eigenvalue weighted by Crippen LogP contribution is 2.32. The van der Waals surface area contributed by atoms with Gasteiger partial charge in [0, 0.05) is 17.2 Å².